The first-order chi connectivity index (χ1) is 8.13. The lowest BCUT2D eigenvalue weighted by Crippen LogP contribution is -2.23. The van der Waals surface area contributed by atoms with Crippen molar-refractivity contribution in [1.82, 2.24) is 10.6 Å². The number of hydrogen-bond donors (Lipinski definition) is 2. The second-order valence-corrected chi connectivity index (χ2v) is 3.54. The largest absolute Gasteiger partial charge is 0.349 e. The van der Waals surface area contributed by atoms with Gasteiger partial charge < -0.3 is 5.32 Å². The van der Waals surface area contributed by atoms with E-state index in [2.05, 4.69) is 17.2 Å². The van der Waals surface area contributed by atoms with E-state index in [9.17, 15) is 14.4 Å². The zero-order chi connectivity index (χ0) is 12.4. The molecule has 1 heterocycles. The fourth-order valence-electron chi connectivity index (χ4n) is 1.58. The van der Waals surface area contributed by atoms with Gasteiger partial charge in [-0.2, -0.15) is 0 Å². The van der Waals surface area contributed by atoms with E-state index in [1.165, 1.54) is 18.2 Å². The smallest absolute Gasteiger partial charge is 0.258 e. The van der Waals surface area contributed by atoms with Crippen molar-refractivity contribution in [2.45, 2.75) is 0 Å². The lowest BCUT2D eigenvalue weighted by molar-refractivity contribution is 0.0878. The monoisotopic (exact) mass is 230 g/mol. The lowest BCUT2D eigenvalue weighted by Gasteiger charge is -2.03. The van der Waals surface area contributed by atoms with Crippen LogP contribution in [-0.4, -0.2) is 24.3 Å². The first kappa shape index (κ1) is 11.1. The van der Waals surface area contributed by atoms with E-state index in [4.69, 9.17) is 0 Å². The molecule has 0 atom stereocenters. The summed E-state index contributed by atoms with van der Waals surface area (Å²) >= 11 is 0. The maximum atomic E-state index is 11.6. The van der Waals surface area contributed by atoms with Gasteiger partial charge in [0, 0.05) is 12.1 Å². The van der Waals surface area contributed by atoms with Gasteiger partial charge in [0.15, 0.2) is 0 Å². The Morgan fingerprint density at radius 1 is 1.29 bits per heavy atom. The molecule has 0 spiro atoms. The molecule has 2 rings (SSSR count). The normalized spacial score (nSPS) is 12.9. The number of imide groups is 1. The van der Waals surface area contributed by atoms with Gasteiger partial charge in [0.2, 0.25) is 0 Å². The third-order valence-corrected chi connectivity index (χ3v) is 2.41. The minimum atomic E-state index is -0.469. The molecule has 0 fully saturated rings. The molecule has 1 aromatic rings. The fourth-order valence-corrected chi connectivity index (χ4v) is 1.58. The van der Waals surface area contributed by atoms with Gasteiger partial charge in [0.1, 0.15) is 0 Å². The molecule has 3 amide bonds. The molecule has 0 radical (unpaired) electrons. The highest BCUT2D eigenvalue weighted by molar-refractivity contribution is 6.22. The van der Waals surface area contributed by atoms with Crippen molar-refractivity contribution in [3.63, 3.8) is 0 Å². The second-order valence-electron chi connectivity index (χ2n) is 3.54. The van der Waals surface area contributed by atoms with Crippen LogP contribution in [-0.2, 0) is 0 Å². The molecular formula is C12H10N2O3. The van der Waals surface area contributed by atoms with Crippen LogP contribution >= 0.6 is 0 Å². The van der Waals surface area contributed by atoms with Crippen molar-refractivity contribution in [1.29, 1.82) is 0 Å². The topological polar surface area (TPSA) is 75.3 Å². The summed E-state index contributed by atoms with van der Waals surface area (Å²) in [4.78, 5) is 34.3. The summed E-state index contributed by atoms with van der Waals surface area (Å²) in [5.41, 5.74) is 0.881. The van der Waals surface area contributed by atoms with E-state index in [1.807, 2.05) is 0 Å². The van der Waals surface area contributed by atoms with Gasteiger partial charge >= 0.3 is 0 Å². The molecule has 2 N–H and O–H groups in total. The quantitative estimate of drug-likeness (QED) is 0.586. The first-order valence-electron chi connectivity index (χ1n) is 5.02. The van der Waals surface area contributed by atoms with Crippen molar-refractivity contribution in [3.8, 4) is 0 Å². The predicted molar refractivity (Wildman–Crippen MR) is 60.8 cm³/mol. The minimum Gasteiger partial charge on any atom is -0.349 e. The minimum absolute atomic E-state index is 0.237. The Bertz CT molecular complexity index is 535. The predicted octanol–water partition coefficient (Wildman–Crippen LogP) is 0.486. The van der Waals surface area contributed by atoms with Crippen molar-refractivity contribution in [2.75, 3.05) is 6.54 Å². The number of benzene rings is 1. The zero-order valence-corrected chi connectivity index (χ0v) is 8.95. The fraction of sp³-hybridized carbons (Fsp3) is 0.0833. The van der Waals surface area contributed by atoms with Gasteiger partial charge in [-0.1, -0.05) is 6.08 Å². The Morgan fingerprint density at radius 3 is 2.71 bits per heavy atom. The Hall–Kier alpha value is -2.43. The van der Waals surface area contributed by atoms with E-state index in [-0.39, 0.29) is 11.5 Å². The highest BCUT2D eigenvalue weighted by atomic mass is 16.2. The summed E-state index contributed by atoms with van der Waals surface area (Å²) in [6.07, 6.45) is 1.56. The Morgan fingerprint density at radius 2 is 2.00 bits per heavy atom. The van der Waals surface area contributed by atoms with Crippen molar-refractivity contribution >= 4 is 17.7 Å². The Kier molecular flexibility index (Phi) is 2.74. The molecule has 1 aliphatic heterocycles. The van der Waals surface area contributed by atoms with Crippen LogP contribution < -0.4 is 10.6 Å². The van der Waals surface area contributed by atoms with Gasteiger partial charge in [0.25, 0.3) is 17.7 Å². The van der Waals surface area contributed by atoms with Gasteiger partial charge in [-0.3, -0.25) is 19.7 Å². The van der Waals surface area contributed by atoms with Crippen LogP contribution in [0, 0.1) is 0 Å². The van der Waals surface area contributed by atoms with Crippen LogP contribution in [0.4, 0.5) is 0 Å². The Labute approximate surface area is 97.5 Å². The van der Waals surface area contributed by atoms with Gasteiger partial charge in [-0.15, -0.1) is 6.58 Å². The molecule has 5 heteroatoms. The van der Waals surface area contributed by atoms with Gasteiger partial charge in [-0.05, 0) is 18.2 Å². The Balaban J connectivity index is 2.31. The van der Waals surface area contributed by atoms with E-state index >= 15 is 0 Å². The molecule has 0 unspecified atom stereocenters. The average Bonchev–Trinajstić information content (AvgIpc) is 2.61. The third kappa shape index (κ3) is 1.94. The molecule has 5 nitrogen and oxygen atoms in total. The van der Waals surface area contributed by atoms with E-state index in [1.54, 1.807) is 6.08 Å². The first-order valence-corrected chi connectivity index (χ1v) is 5.02. The summed E-state index contributed by atoms with van der Waals surface area (Å²) in [5.74, 6) is -1.20. The summed E-state index contributed by atoms with van der Waals surface area (Å²) in [6, 6.07) is 4.39. The van der Waals surface area contributed by atoms with Crippen molar-refractivity contribution in [3.05, 3.63) is 47.5 Å². The van der Waals surface area contributed by atoms with E-state index < -0.39 is 11.8 Å². The summed E-state index contributed by atoms with van der Waals surface area (Å²) in [6.45, 7) is 3.83. The number of fused-ring (bicyclic) bond motifs is 1. The molecule has 1 aliphatic rings. The highest BCUT2D eigenvalue weighted by Gasteiger charge is 2.27. The number of carbonyl (C=O) groups excluding carboxylic acids is 3. The van der Waals surface area contributed by atoms with Crippen LogP contribution in [0.5, 0.6) is 0 Å². The third-order valence-electron chi connectivity index (χ3n) is 2.41. The van der Waals surface area contributed by atoms with E-state index in [0.29, 0.717) is 17.7 Å². The van der Waals surface area contributed by atoms with E-state index in [0.717, 1.165) is 0 Å². The molecule has 86 valence electrons. The van der Waals surface area contributed by atoms with Crippen molar-refractivity contribution < 1.29 is 14.4 Å². The molecular weight excluding hydrogens is 220 g/mol. The van der Waals surface area contributed by atoms with Crippen LogP contribution in [0.15, 0.2) is 30.9 Å². The SMILES string of the molecule is C=CCNC(=O)c1ccc2c(c1)C(=O)NC2=O. The molecule has 0 saturated carbocycles. The summed E-state index contributed by atoms with van der Waals surface area (Å²) < 4.78 is 0. The zero-order valence-electron chi connectivity index (χ0n) is 8.95. The summed E-state index contributed by atoms with van der Waals surface area (Å²) in [5, 5.41) is 4.76. The molecule has 1 aromatic carbocycles. The number of nitrogens with one attached hydrogen (secondary N) is 2. The van der Waals surface area contributed by atoms with Crippen LogP contribution in [0.3, 0.4) is 0 Å². The molecule has 0 bridgehead atoms. The van der Waals surface area contributed by atoms with Crippen molar-refractivity contribution in [2.24, 2.45) is 0 Å². The average molecular weight is 230 g/mol. The van der Waals surface area contributed by atoms with Crippen LogP contribution in [0.25, 0.3) is 0 Å². The number of rotatable bonds is 3. The molecule has 0 aliphatic carbocycles. The van der Waals surface area contributed by atoms with Gasteiger partial charge in [0.05, 0.1) is 11.1 Å². The highest BCUT2D eigenvalue weighted by Crippen LogP contribution is 2.17. The standard InChI is InChI=1S/C12H10N2O3/c1-2-5-13-10(15)7-3-4-8-9(6-7)12(17)14-11(8)16/h2-4,6H,1,5H2,(H,13,15)(H,14,16,17). The molecule has 17 heavy (non-hydrogen) atoms. The summed E-state index contributed by atoms with van der Waals surface area (Å²) in [7, 11) is 0. The second kappa shape index (κ2) is 4.21. The lowest BCUT2D eigenvalue weighted by atomic mass is 10.1. The maximum Gasteiger partial charge on any atom is 0.258 e. The maximum absolute atomic E-state index is 11.6. The number of amides is 3. The molecule has 0 saturated heterocycles. The molecule has 0 aromatic heterocycles. The number of carbonyl (C=O) groups is 3. The van der Waals surface area contributed by atoms with Crippen LogP contribution in [0.1, 0.15) is 31.1 Å². The van der Waals surface area contributed by atoms with Gasteiger partial charge in [-0.25, -0.2) is 0 Å². The number of hydrogen-bond acceptors (Lipinski definition) is 3. The van der Waals surface area contributed by atoms with Crippen LogP contribution in [0.2, 0.25) is 0 Å².